The maximum Gasteiger partial charge on any atom is 0.287 e. The molecule has 0 saturated carbocycles. The smallest absolute Gasteiger partial charge is 0.287 e. The number of hydrogen-bond donors (Lipinski definition) is 1. The predicted octanol–water partition coefficient (Wildman–Crippen LogP) is 3.36. The lowest BCUT2D eigenvalue weighted by Gasteiger charge is -2.06. The highest BCUT2D eigenvalue weighted by molar-refractivity contribution is 5.92. The van der Waals surface area contributed by atoms with Crippen LogP contribution < -0.4 is 5.32 Å². The van der Waals surface area contributed by atoms with Gasteiger partial charge in [-0.3, -0.25) is 4.79 Å². The van der Waals surface area contributed by atoms with Gasteiger partial charge in [-0.1, -0.05) is 18.2 Å². The standard InChI is InChI=1S/C17H18N2O2/c1-13-8-12-21-16(13)17(20)18-9-4-10-19-11-7-14-5-2-3-6-15(14)19/h2-3,5-8,11-12H,4,9-10H2,1H3,(H,18,20). The van der Waals surface area contributed by atoms with Gasteiger partial charge in [0.15, 0.2) is 5.76 Å². The summed E-state index contributed by atoms with van der Waals surface area (Å²) in [4.78, 5) is 11.9. The molecule has 0 unspecified atom stereocenters. The van der Waals surface area contributed by atoms with Crippen LogP contribution in [-0.4, -0.2) is 17.0 Å². The first kappa shape index (κ1) is 13.5. The summed E-state index contributed by atoms with van der Waals surface area (Å²) in [6, 6.07) is 12.2. The van der Waals surface area contributed by atoms with E-state index in [-0.39, 0.29) is 5.91 Å². The molecule has 0 aliphatic carbocycles. The van der Waals surface area contributed by atoms with Gasteiger partial charge >= 0.3 is 0 Å². The zero-order valence-corrected chi connectivity index (χ0v) is 12.0. The van der Waals surface area contributed by atoms with Crippen LogP contribution in [-0.2, 0) is 6.54 Å². The molecule has 2 heterocycles. The molecule has 0 aliphatic rings. The quantitative estimate of drug-likeness (QED) is 0.729. The van der Waals surface area contributed by atoms with Gasteiger partial charge in [-0.25, -0.2) is 0 Å². The Morgan fingerprint density at radius 3 is 2.90 bits per heavy atom. The van der Waals surface area contributed by atoms with Crippen molar-refractivity contribution >= 4 is 16.8 Å². The summed E-state index contributed by atoms with van der Waals surface area (Å²) in [6.45, 7) is 3.38. The van der Waals surface area contributed by atoms with E-state index in [2.05, 4.69) is 34.3 Å². The van der Waals surface area contributed by atoms with E-state index in [1.165, 1.54) is 17.2 Å². The second-order valence-corrected chi connectivity index (χ2v) is 5.11. The SMILES string of the molecule is Cc1ccoc1C(=O)NCCCn1ccc2ccccc21. The maximum absolute atomic E-state index is 11.9. The first-order valence-electron chi connectivity index (χ1n) is 7.12. The number of nitrogens with zero attached hydrogens (tertiary/aromatic N) is 1. The number of fused-ring (bicyclic) bond motifs is 1. The van der Waals surface area contributed by atoms with Gasteiger partial charge in [0.25, 0.3) is 5.91 Å². The van der Waals surface area contributed by atoms with Crippen LogP contribution in [0.1, 0.15) is 22.5 Å². The van der Waals surface area contributed by atoms with Crippen molar-refractivity contribution in [3.8, 4) is 0 Å². The zero-order valence-electron chi connectivity index (χ0n) is 12.0. The van der Waals surface area contributed by atoms with Gasteiger partial charge in [-0.05, 0) is 36.9 Å². The Bertz CT molecular complexity index is 755. The van der Waals surface area contributed by atoms with Crippen molar-refractivity contribution in [3.05, 3.63) is 60.2 Å². The fourth-order valence-corrected chi connectivity index (χ4v) is 2.47. The van der Waals surface area contributed by atoms with E-state index in [1.807, 2.05) is 19.1 Å². The maximum atomic E-state index is 11.9. The lowest BCUT2D eigenvalue weighted by Crippen LogP contribution is -2.25. The van der Waals surface area contributed by atoms with E-state index in [4.69, 9.17) is 4.42 Å². The summed E-state index contributed by atoms with van der Waals surface area (Å²) in [7, 11) is 0. The highest BCUT2D eigenvalue weighted by Gasteiger charge is 2.11. The molecule has 0 saturated heterocycles. The van der Waals surface area contributed by atoms with Gasteiger partial charge in [0.1, 0.15) is 0 Å². The Kier molecular flexibility index (Phi) is 3.77. The van der Waals surface area contributed by atoms with Crippen molar-refractivity contribution in [1.82, 2.24) is 9.88 Å². The summed E-state index contributed by atoms with van der Waals surface area (Å²) < 4.78 is 7.38. The van der Waals surface area contributed by atoms with E-state index in [9.17, 15) is 4.79 Å². The Hall–Kier alpha value is -2.49. The Morgan fingerprint density at radius 2 is 2.10 bits per heavy atom. The van der Waals surface area contributed by atoms with E-state index >= 15 is 0 Å². The molecule has 3 aromatic rings. The number of carbonyl (C=O) groups excluding carboxylic acids is 1. The molecular formula is C17H18N2O2. The number of furan rings is 1. The van der Waals surface area contributed by atoms with Gasteiger partial charge in [-0.2, -0.15) is 0 Å². The number of amides is 1. The molecule has 1 aromatic carbocycles. The summed E-state index contributed by atoms with van der Waals surface area (Å²) >= 11 is 0. The topological polar surface area (TPSA) is 47.2 Å². The largest absolute Gasteiger partial charge is 0.459 e. The fraction of sp³-hybridized carbons (Fsp3) is 0.235. The normalized spacial score (nSPS) is 10.9. The van der Waals surface area contributed by atoms with Crippen molar-refractivity contribution in [1.29, 1.82) is 0 Å². The van der Waals surface area contributed by atoms with Gasteiger partial charge < -0.3 is 14.3 Å². The molecule has 2 aromatic heterocycles. The van der Waals surface area contributed by atoms with E-state index in [0.717, 1.165) is 18.5 Å². The molecule has 0 fully saturated rings. The number of nitrogens with one attached hydrogen (secondary N) is 1. The third-order valence-corrected chi connectivity index (χ3v) is 3.61. The predicted molar refractivity (Wildman–Crippen MR) is 82.3 cm³/mol. The first-order valence-corrected chi connectivity index (χ1v) is 7.12. The molecule has 1 N–H and O–H groups in total. The summed E-state index contributed by atoms with van der Waals surface area (Å²) in [5, 5.41) is 4.13. The van der Waals surface area contributed by atoms with Crippen LogP contribution in [0.4, 0.5) is 0 Å². The third kappa shape index (κ3) is 2.84. The van der Waals surface area contributed by atoms with Crippen molar-refractivity contribution in [2.24, 2.45) is 0 Å². The van der Waals surface area contributed by atoms with Crippen LogP contribution >= 0.6 is 0 Å². The molecule has 0 atom stereocenters. The first-order chi connectivity index (χ1) is 10.3. The van der Waals surface area contributed by atoms with Crippen LogP contribution in [0.25, 0.3) is 10.9 Å². The lowest BCUT2D eigenvalue weighted by molar-refractivity contribution is 0.0924. The highest BCUT2D eigenvalue weighted by Crippen LogP contribution is 2.15. The fourth-order valence-electron chi connectivity index (χ4n) is 2.47. The van der Waals surface area contributed by atoms with Crippen molar-refractivity contribution in [3.63, 3.8) is 0 Å². The van der Waals surface area contributed by atoms with Crippen LogP contribution in [0, 0.1) is 6.92 Å². The van der Waals surface area contributed by atoms with Crippen LogP contribution in [0.3, 0.4) is 0 Å². The molecule has 0 bridgehead atoms. The molecule has 0 spiro atoms. The lowest BCUT2D eigenvalue weighted by atomic mass is 10.2. The van der Waals surface area contributed by atoms with Gasteiger partial charge in [-0.15, -0.1) is 0 Å². The Labute approximate surface area is 123 Å². The molecule has 108 valence electrons. The number of rotatable bonds is 5. The minimum absolute atomic E-state index is 0.144. The third-order valence-electron chi connectivity index (χ3n) is 3.61. The molecular weight excluding hydrogens is 264 g/mol. The van der Waals surface area contributed by atoms with Gasteiger partial charge in [0, 0.05) is 30.4 Å². The summed E-state index contributed by atoms with van der Waals surface area (Å²) in [5.74, 6) is 0.260. The van der Waals surface area contributed by atoms with Gasteiger partial charge in [0.05, 0.1) is 6.26 Å². The minimum atomic E-state index is -0.144. The van der Waals surface area contributed by atoms with Crippen molar-refractivity contribution < 1.29 is 9.21 Å². The van der Waals surface area contributed by atoms with Crippen molar-refractivity contribution in [2.45, 2.75) is 19.9 Å². The average Bonchev–Trinajstić information content (AvgIpc) is 3.10. The highest BCUT2D eigenvalue weighted by atomic mass is 16.3. The minimum Gasteiger partial charge on any atom is -0.459 e. The van der Waals surface area contributed by atoms with Crippen LogP contribution in [0.15, 0.2) is 53.3 Å². The Balaban J connectivity index is 1.53. The van der Waals surface area contributed by atoms with E-state index in [1.54, 1.807) is 6.07 Å². The molecule has 1 amide bonds. The van der Waals surface area contributed by atoms with E-state index < -0.39 is 0 Å². The second-order valence-electron chi connectivity index (χ2n) is 5.11. The number of hydrogen-bond acceptors (Lipinski definition) is 2. The van der Waals surface area contributed by atoms with Crippen LogP contribution in [0.5, 0.6) is 0 Å². The van der Waals surface area contributed by atoms with E-state index in [0.29, 0.717) is 12.3 Å². The zero-order chi connectivity index (χ0) is 14.7. The molecule has 4 heteroatoms. The molecule has 4 nitrogen and oxygen atoms in total. The van der Waals surface area contributed by atoms with Gasteiger partial charge in [0.2, 0.25) is 0 Å². The molecule has 3 rings (SSSR count). The molecule has 21 heavy (non-hydrogen) atoms. The number of carbonyl (C=O) groups is 1. The monoisotopic (exact) mass is 282 g/mol. The number of aromatic nitrogens is 1. The number of benzene rings is 1. The second kappa shape index (κ2) is 5.87. The molecule has 0 aliphatic heterocycles. The Morgan fingerprint density at radius 1 is 1.24 bits per heavy atom. The van der Waals surface area contributed by atoms with Crippen molar-refractivity contribution in [2.75, 3.05) is 6.54 Å². The number of aryl methyl sites for hydroxylation is 2. The average molecular weight is 282 g/mol. The molecule has 0 radical (unpaired) electrons. The summed E-state index contributed by atoms with van der Waals surface area (Å²) in [6.07, 6.45) is 4.50. The van der Waals surface area contributed by atoms with Crippen LogP contribution in [0.2, 0.25) is 0 Å². The number of para-hydroxylation sites is 1. The summed E-state index contributed by atoms with van der Waals surface area (Å²) in [5.41, 5.74) is 2.09.